The Morgan fingerprint density at radius 2 is 2.20 bits per heavy atom. The van der Waals surface area contributed by atoms with E-state index in [4.69, 9.17) is 4.74 Å². The van der Waals surface area contributed by atoms with Gasteiger partial charge in [-0.3, -0.25) is 4.79 Å². The molecule has 2 rings (SSSR count). The number of ether oxygens (including phenoxy) is 1. The number of rotatable bonds is 5. The van der Waals surface area contributed by atoms with E-state index in [1.807, 2.05) is 12.3 Å². The molecule has 1 atom stereocenters. The summed E-state index contributed by atoms with van der Waals surface area (Å²) >= 11 is 0. The normalized spacial score (nSPS) is 20.6. The van der Waals surface area contributed by atoms with Gasteiger partial charge in [-0.2, -0.15) is 0 Å². The number of hydrogen-bond donors (Lipinski definition) is 1. The lowest BCUT2D eigenvalue weighted by Gasteiger charge is -2.18. The number of hydrogen-bond acceptors (Lipinski definition) is 4. The van der Waals surface area contributed by atoms with Gasteiger partial charge in [0, 0.05) is 32.0 Å². The van der Waals surface area contributed by atoms with Crippen LogP contribution in [-0.4, -0.2) is 49.4 Å². The zero-order chi connectivity index (χ0) is 14.4. The van der Waals surface area contributed by atoms with Gasteiger partial charge in [0.15, 0.2) is 0 Å². The first-order chi connectivity index (χ1) is 9.69. The highest BCUT2D eigenvalue weighted by molar-refractivity contribution is 5.41. The third kappa shape index (κ3) is 4.35. The fraction of sp³-hybridized carbons (Fsp3) is 0.667. The van der Waals surface area contributed by atoms with Crippen LogP contribution in [0.4, 0.5) is 5.69 Å². The lowest BCUT2D eigenvalue weighted by Crippen LogP contribution is -2.25. The van der Waals surface area contributed by atoms with Crippen LogP contribution in [-0.2, 0) is 11.3 Å². The quantitative estimate of drug-likeness (QED) is 0.885. The van der Waals surface area contributed by atoms with Crippen LogP contribution in [0.3, 0.4) is 0 Å². The Morgan fingerprint density at radius 3 is 3.00 bits per heavy atom. The van der Waals surface area contributed by atoms with Crippen molar-refractivity contribution in [3.05, 3.63) is 28.7 Å². The first-order valence-corrected chi connectivity index (χ1v) is 7.33. The van der Waals surface area contributed by atoms with Gasteiger partial charge in [0.25, 0.3) is 5.56 Å². The molecule has 0 spiro atoms. The van der Waals surface area contributed by atoms with Gasteiger partial charge in [0.2, 0.25) is 0 Å². The molecule has 1 N–H and O–H groups in total. The monoisotopic (exact) mass is 279 g/mol. The number of likely N-dealkylation sites (tertiary alicyclic amines) is 1. The molecule has 5 nitrogen and oxygen atoms in total. The van der Waals surface area contributed by atoms with Gasteiger partial charge in [-0.1, -0.05) is 0 Å². The molecule has 1 aliphatic heterocycles. The van der Waals surface area contributed by atoms with E-state index in [-0.39, 0.29) is 5.56 Å². The number of aromatic nitrogens is 1. The molecule has 1 aromatic rings. The molecule has 0 aliphatic carbocycles. The molecular weight excluding hydrogens is 254 g/mol. The lowest BCUT2D eigenvalue weighted by molar-refractivity contribution is 0.186. The van der Waals surface area contributed by atoms with Gasteiger partial charge in [0.1, 0.15) is 0 Å². The average molecular weight is 279 g/mol. The van der Waals surface area contributed by atoms with Gasteiger partial charge in [-0.25, -0.2) is 0 Å². The van der Waals surface area contributed by atoms with E-state index < -0.39 is 0 Å². The summed E-state index contributed by atoms with van der Waals surface area (Å²) in [7, 11) is 3.82. The maximum Gasteiger partial charge on any atom is 0.250 e. The third-order valence-corrected chi connectivity index (χ3v) is 3.84. The Bertz CT molecular complexity index is 472. The van der Waals surface area contributed by atoms with Crippen LogP contribution in [0.5, 0.6) is 0 Å². The van der Waals surface area contributed by atoms with E-state index >= 15 is 0 Å². The molecule has 0 aromatic carbocycles. The Morgan fingerprint density at radius 1 is 1.35 bits per heavy atom. The van der Waals surface area contributed by atoms with E-state index in [0.717, 1.165) is 18.7 Å². The van der Waals surface area contributed by atoms with E-state index in [2.05, 4.69) is 17.3 Å². The standard InChI is InChI=1S/C15H25N3O2/c1-17-8-3-4-13(7-9-17)16-14-5-6-15(19)18(12-14)10-11-20-2/h5-6,12-13,16H,3-4,7-11H2,1-2H3. The topological polar surface area (TPSA) is 46.5 Å². The van der Waals surface area contributed by atoms with E-state index in [1.165, 1.54) is 19.4 Å². The van der Waals surface area contributed by atoms with E-state index in [9.17, 15) is 4.79 Å². The molecular formula is C15H25N3O2. The second-order valence-corrected chi connectivity index (χ2v) is 5.52. The van der Waals surface area contributed by atoms with Crippen molar-refractivity contribution in [2.24, 2.45) is 0 Å². The molecule has 0 amide bonds. The smallest absolute Gasteiger partial charge is 0.250 e. The minimum atomic E-state index is 0.0215. The average Bonchev–Trinajstić information content (AvgIpc) is 2.64. The molecule has 0 bridgehead atoms. The van der Waals surface area contributed by atoms with Crippen molar-refractivity contribution in [2.45, 2.75) is 31.8 Å². The summed E-state index contributed by atoms with van der Waals surface area (Å²) in [6.45, 7) is 3.45. The minimum absolute atomic E-state index is 0.0215. The Hall–Kier alpha value is -1.33. The maximum atomic E-state index is 11.7. The summed E-state index contributed by atoms with van der Waals surface area (Å²) in [5.74, 6) is 0. The van der Waals surface area contributed by atoms with Crippen molar-refractivity contribution < 1.29 is 4.74 Å². The van der Waals surface area contributed by atoms with Gasteiger partial charge in [-0.05, 0) is 45.5 Å². The van der Waals surface area contributed by atoms with Crippen molar-refractivity contribution in [1.82, 2.24) is 9.47 Å². The molecule has 5 heteroatoms. The number of methoxy groups -OCH3 is 1. The number of nitrogens with one attached hydrogen (secondary N) is 1. The van der Waals surface area contributed by atoms with Crippen LogP contribution < -0.4 is 10.9 Å². The first kappa shape index (κ1) is 15.1. The van der Waals surface area contributed by atoms with Crippen molar-refractivity contribution in [1.29, 1.82) is 0 Å². The zero-order valence-corrected chi connectivity index (χ0v) is 12.5. The molecule has 1 saturated heterocycles. The van der Waals surface area contributed by atoms with E-state index in [1.54, 1.807) is 17.7 Å². The number of nitrogens with zero attached hydrogens (tertiary/aromatic N) is 2. The van der Waals surface area contributed by atoms with Crippen molar-refractivity contribution in [2.75, 3.05) is 39.2 Å². The number of anilines is 1. The van der Waals surface area contributed by atoms with Crippen molar-refractivity contribution in [3.63, 3.8) is 0 Å². The van der Waals surface area contributed by atoms with Crippen molar-refractivity contribution >= 4 is 5.69 Å². The van der Waals surface area contributed by atoms with Gasteiger partial charge >= 0.3 is 0 Å². The third-order valence-electron chi connectivity index (χ3n) is 3.84. The van der Waals surface area contributed by atoms with Gasteiger partial charge < -0.3 is 19.5 Å². The number of pyridine rings is 1. The van der Waals surface area contributed by atoms with Crippen LogP contribution in [0, 0.1) is 0 Å². The molecule has 2 heterocycles. The molecule has 1 aliphatic rings. The Kier molecular flexibility index (Phi) is 5.61. The van der Waals surface area contributed by atoms with Crippen LogP contribution in [0.15, 0.2) is 23.1 Å². The summed E-state index contributed by atoms with van der Waals surface area (Å²) in [6, 6.07) is 3.99. The lowest BCUT2D eigenvalue weighted by atomic mass is 10.1. The molecule has 20 heavy (non-hydrogen) atoms. The summed E-state index contributed by atoms with van der Waals surface area (Å²) in [6.07, 6.45) is 5.45. The second kappa shape index (κ2) is 7.45. The zero-order valence-electron chi connectivity index (χ0n) is 12.5. The highest BCUT2D eigenvalue weighted by atomic mass is 16.5. The van der Waals surface area contributed by atoms with Crippen molar-refractivity contribution in [3.8, 4) is 0 Å². The molecule has 1 unspecified atom stereocenters. The predicted octanol–water partition coefficient (Wildman–Crippen LogP) is 1.39. The summed E-state index contributed by atoms with van der Waals surface area (Å²) in [5.41, 5.74) is 1.04. The summed E-state index contributed by atoms with van der Waals surface area (Å²) in [4.78, 5) is 14.1. The van der Waals surface area contributed by atoms with Crippen LogP contribution in [0.25, 0.3) is 0 Å². The fourth-order valence-electron chi connectivity index (χ4n) is 2.60. The largest absolute Gasteiger partial charge is 0.383 e. The Labute approximate surface area is 120 Å². The maximum absolute atomic E-state index is 11.7. The molecule has 112 valence electrons. The van der Waals surface area contributed by atoms with Crippen LogP contribution >= 0.6 is 0 Å². The molecule has 0 saturated carbocycles. The first-order valence-electron chi connectivity index (χ1n) is 7.33. The second-order valence-electron chi connectivity index (χ2n) is 5.52. The highest BCUT2D eigenvalue weighted by Gasteiger charge is 2.14. The minimum Gasteiger partial charge on any atom is -0.383 e. The summed E-state index contributed by atoms with van der Waals surface area (Å²) < 4.78 is 6.74. The highest BCUT2D eigenvalue weighted by Crippen LogP contribution is 2.15. The fourth-order valence-corrected chi connectivity index (χ4v) is 2.60. The van der Waals surface area contributed by atoms with Gasteiger partial charge in [0.05, 0.1) is 12.3 Å². The summed E-state index contributed by atoms with van der Waals surface area (Å²) in [5, 5.41) is 3.56. The van der Waals surface area contributed by atoms with E-state index in [0.29, 0.717) is 19.2 Å². The SMILES string of the molecule is COCCn1cc(NC2CCCN(C)CC2)ccc1=O. The van der Waals surface area contributed by atoms with Crippen LogP contribution in [0.1, 0.15) is 19.3 Å². The van der Waals surface area contributed by atoms with Gasteiger partial charge in [-0.15, -0.1) is 0 Å². The molecule has 0 radical (unpaired) electrons. The molecule has 1 fully saturated rings. The molecule has 1 aromatic heterocycles. The van der Waals surface area contributed by atoms with Crippen LogP contribution in [0.2, 0.25) is 0 Å². The Balaban J connectivity index is 1.99. The predicted molar refractivity (Wildman–Crippen MR) is 81.3 cm³/mol.